The summed E-state index contributed by atoms with van der Waals surface area (Å²) in [6.07, 6.45) is -19.7. The first kappa shape index (κ1) is 38.9. The molecule has 22 nitrogen and oxygen atoms in total. The van der Waals surface area contributed by atoms with Gasteiger partial charge >= 0.3 is 0 Å². The maximum absolute atomic E-state index is 13.8. The zero-order chi connectivity index (χ0) is 35.5. The Morgan fingerprint density at radius 1 is 0.652 bits per heavy atom. The topological polar surface area (TPSA) is 337 Å². The number of carbonyl (C=O) groups is 6. The Morgan fingerprint density at radius 3 is 1.20 bits per heavy atom. The van der Waals surface area contributed by atoms with Crippen molar-refractivity contribution < 1.29 is 89.2 Å². The average Bonchev–Trinajstić information content (AvgIpc) is 2.93. The second-order valence-corrected chi connectivity index (χ2v) is 10.6. The molecule has 0 aliphatic carbocycles. The Labute approximate surface area is 259 Å². The van der Waals surface area contributed by atoms with Crippen LogP contribution in [0.15, 0.2) is 0 Å². The molecule has 2 unspecified atom stereocenters. The SMILES string of the molecule is CC(=O)N(C(=O)[C@H](O)[C@@H](O)[C@H](O)[C@@H](C)O)C1(N(C(=O)CCC(N)=O)C2(N(C(C)=O)C(=O)[C@H](O)[C@@H](O)[C@H](O)[C@@H](C)O)COO2)COO1. The van der Waals surface area contributed by atoms with Crippen molar-refractivity contribution in [2.24, 2.45) is 5.73 Å². The first-order valence-electron chi connectivity index (χ1n) is 13.6. The standard InChI is InChI=1S/C24H38N4O18/c1-9(29)15(35)17(37)19(39)21(41)26(11(3)31)23(7-43-45-23)28(14(34)6-5-13(25)33)24(8-44-46-24)27(12(4)32)22(42)20(40)18(38)16(36)10(2)30/h9-10,15-20,29-30,35-40H,5-8H2,1-4H3,(H2,25,33)/t9-,10-,15-,16-,17+,18+,19-,20-,23?,24?/m1/s1. The van der Waals surface area contributed by atoms with Gasteiger partial charge in [0.15, 0.2) is 25.4 Å². The van der Waals surface area contributed by atoms with Crippen LogP contribution in [0.25, 0.3) is 0 Å². The fourth-order valence-electron chi connectivity index (χ4n) is 4.59. The van der Waals surface area contributed by atoms with Gasteiger partial charge in [-0.1, -0.05) is 0 Å². The number of primary amides is 1. The average molecular weight is 671 g/mol. The number of hydrogen-bond acceptors (Lipinski definition) is 18. The number of nitrogens with zero attached hydrogens (tertiary/aromatic N) is 3. The molecule has 2 rings (SSSR count). The van der Waals surface area contributed by atoms with Crippen molar-refractivity contribution in [2.75, 3.05) is 13.2 Å². The van der Waals surface area contributed by atoms with Gasteiger partial charge in [0, 0.05) is 26.7 Å². The normalized spacial score (nSPS) is 26.0. The minimum Gasteiger partial charge on any atom is -0.391 e. The maximum atomic E-state index is 13.8. The second-order valence-electron chi connectivity index (χ2n) is 10.6. The van der Waals surface area contributed by atoms with Crippen molar-refractivity contribution in [2.45, 2.75) is 101 Å². The first-order chi connectivity index (χ1) is 21.2. The summed E-state index contributed by atoms with van der Waals surface area (Å²) in [5, 5.41) is 81.0. The third kappa shape index (κ3) is 7.32. The minimum atomic E-state index is -2.95. The van der Waals surface area contributed by atoms with Crippen molar-refractivity contribution in [1.82, 2.24) is 14.7 Å². The van der Waals surface area contributed by atoms with E-state index in [9.17, 15) is 69.6 Å². The highest BCUT2D eigenvalue weighted by atomic mass is 17.3. The largest absolute Gasteiger partial charge is 0.391 e. The third-order valence-electron chi connectivity index (χ3n) is 7.02. The summed E-state index contributed by atoms with van der Waals surface area (Å²) >= 11 is 0. The predicted octanol–water partition coefficient (Wildman–Crippen LogP) is -7.01. The molecule has 262 valence electrons. The Bertz CT molecular complexity index is 1100. The van der Waals surface area contributed by atoms with Crippen molar-refractivity contribution in [3.8, 4) is 0 Å². The number of aliphatic hydroxyl groups excluding tert-OH is 8. The molecule has 0 spiro atoms. The number of carbonyl (C=O) groups excluding carboxylic acids is 6. The van der Waals surface area contributed by atoms with Crippen LogP contribution in [0.4, 0.5) is 0 Å². The highest BCUT2D eigenvalue weighted by molar-refractivity contribution is 6.00. The highest BCUT2D eigenvalue weighted by Gasteiger charge is 2.71. The number of amides is 6. The molecule has 0 aromatic carbocycles. The molecule has 22 heteroatoms. The van der Waals surface area contributed by atoms with E-state index in [1.54, 1.807) is 0 Å². The minimum absolute atomic E-state index is 0.0178. The highest BCUT2D eigenvalue weighted by Crippen LogP contribution is 2.44. The summed E-state index contributed by atoms with van der Waals surface area (Å²) in [6, 6.07) is 0. The van der Waals surface area contributed by atoms with E-state index < -0.39 is 122 Å². The number of rotatable bonds is 15. The van der Waals surface area contributed by atoms with Crippen LogP contribution in [0, 0.1) is 0 Å². The van der Waals surface area contributed by atoms with Crippen LogP contribution in [0.3, 0.4) is 0 Å². The Balaban J connectivity index is 2.79. The Hall–Kier alpha value is -3.26. The van der Waals surface area contributed by atoms with Crippen LogP contribution in [0.2, 0.25) is 0 Å². The van der Waals surface area contributed by atoms with E-state index in [0.717, 1.165) is 13.8 Å². The van der Waals surface area contributed by atoms with Crippen molar-refractivity contribution in [3.05, 3.63) is 0 Å². The Kier molecular flexibility index (Phi) is 12.8. The summed E-state index contributed by atoms with van der Waals surface area (Å²) in [4.78, 5) is 98.0. The molecule has 0 saturated carbocycles. The summed E-state index contributed by atoms with van der Waals surface area (Å²) in [5.41, 5.74) is 5.15. The predicted molar refractivity (Wildman–Crippen MR) is 139 cm³/mol. The van der Waals surface area contributed by atoms with Crippen LogP contribution >= 0.6 is 0 Å². The molecule has 2 saturated heterocycles. The summed E-state index contributed by atoms with van der Waals surface area (Å²) in [5.74, 6) is -14.6. The van der Waals surface area contributed by atoms with E-state index in [4.69, 9.17) is 25.3 Å². The van der Waals surface area contributed by atoms with E-state index in [2.05, 4.69) is 0 Å². The Morgan fingerprint density at radius 2 is 0.978 bits per heavy atom. The molecular formula is C24H38N4O18. The maximum Gasteiger partial charge on any atom is 0.293 e. The van der Waals surface area contributed by atoms with E-state index >= 15 is 0 Å². The van der Waals surface area contributed by atoms with Crippen molar-refractivity contribution >= 4 is 35.4 Å². The van der Waals surface area contributed by atoms with Gasteiger partial charge in [-0.2, -0.15) is 9.78 Å². The lowest BCUT2D eigenvalue weighted by molar-refractivity contribution is -0.593. The van der Waals surface area contributed by atoms with E-state index in [0.29, 0.717) is 13.8 Å². The zero-order valence-electron chi connectivity index (χ0n) is 25.0. The van der Waals surface area contributed by atoms with Crippen LogP contribution in [-0.4, -0.2) is 165 Å². The second kappa shape index (κ2) is 15.1. The van der Waals surface area contributed by atoms with Gasteiger partial charge in [0.05, 0.1) is 12.2 Å². The summed E-state index contributed by atoms with van der Waals surface area (Å²) in [7, 11) is 0. The summed E-state index contributed by atoms with van der Waals surface area (Å²) < 4.78 is 0. The molecule has 2 aliphatic rings. The van der Waals surface area contributed by atoms with Crippen LogP contribution in [0.1, 0.15) is 40.5 Å². The molecule has 10 N–H and O–H groups in total. The van der Waals surface area contributed by atoms with Crippen LogP contribution in [0.5, 0.6) is 0 Å². The molecule has 10 atom stereocenters. The van der Waals surface area contributed by atoms with Gasteiger partial charge in [0.25, 0.3) is 23.5 Å². The number of aliphatic hydroxyl groups is 8. The van der Waals surface area contributed by atoms with E-state index in [-0.39, 0.29) is 14.7 Å². The molecule has 0 bridgehead atoms. The van der Waals surface area contributed by atoms with Crippen molar-refractivity contribution in [3.63, 3.8) is 0 Å². The lowest BCUT2D eigenvalue weighted by Gasteiger charge is -2.60. The van der Waals surface area contributed by atoms with Gasteiger partial charge in [-0.25, -0.2) is 24.5 Å². The van der Waals surface area contributed by atoms with Crippen LogP contribution < -0.4 is 5.73 Å². The molecule has 0 aromatic rings. The molecule has 0 radical (unpaired) electrons. The zero-order valence-corrected chi connectivity index (χ0v) is 25.0. The summed E-state index contributed by atoms with van der Waals surface area (Å²) in [6.45, 7) is 1.34. The first-order valence-corrected chi connectivity index (χ1v) is 13.6. The van der Waals surface area contributed by atoms with Crippen LogP contribution in [-0.2, 0) is 48.3 Å². The molecule has 2 fully saturated rings. The molecule has 2 aliphatic heterocycles. The molecule has 6 amide bonds. The van der Waals surface area contributed by atoms with Gasteiger partial charge in [0.1, 0.15) is 24.4 Å². The van der Waals surface area contributed by atoms with Crippen molar-refractivity contribution in [1.29, 1.82) is 0 Å². The molecule has 2 heterocycles. The van der Waals surface area contributed by atoms with E-state index in [1.807, 2.05) is 0 Å². The van der Waals surface area contributed by atoms with Gasteiger partial charge in [-0.05, 0) is 13.8 Å². The number of nitrogens with two attached hydrogens (primary N) is 1. The molecular weight excluding hydrogens is 632 g/mol. The lowest BCUT2D eigenvalue weighted by atomic mass is 10.0. The fourth-order valence-corrected chi connectivity index (χ4v) is 4.59. The number of hydrogen-bond donors (Lipinski definition) is 9. The van der Waals surface area contributed by atoms with Gasteiger partial charge in [0.2, 0.25) is 23.6 Å². The van der Waals surface area contributed by atoms with Gasteiger partial charge < -0.3 is 46.6 Å². The van der Waals surface area contributed by atoms with E-state index in [1.165, 1.54) is 0 Å². The van der Waals surface area contributed by atoms with Gasteiger partial charge in [-0.3, -0.25) is 28.8 Å². The number of imide groups is 2. The smallest absolute Gasteiger partial charge is 0.293 e. The van der Waals surface area contributed by atoms with Gasteiger partial charge in [-0.15, -0.1) is 0 Å². The molecule has 46 heavy (non-hydrogen) atoms. The lowest BCUT2D eigenvalue weighted by Crippen LogP contribution is -2.85. The molecule has 0 aromatic heterocycles. The fraction of sp³-hybridized carbons (Fsp3) is 0.750. The quantitative estimate of drug-likeness (QED) is 0.0577. The third-order valence-corrected chi connectivity index (χ3v) is 7.02. The monoisotopic (exact) mass is 670 g/mol.